The van der Waals surface area contributed by atoms with Gasteiger partial charge < -0.3 is 5.73 Å². The van der Waals surface area contributed by atoms with Crippen molar-refractivity contribution in [2.24, 2.45) is 17.6 Å². The molecule has 0 bridgehead atoms. The van der Waals surface area contributed by atoms with Crippen molar-refractivity contribution in [3.05, 3.63) is 0 Å². The highest BCUT2D eigenvalue weighted by Gasteiger charge is 2.35. The van der Waals surface area contributed by atoms with Crippen LogP contribution in [0.1, 0.15) is 39.0 Å². The van der Waals surface area contributed by atoms with E-state index in [1.165, 1.54) is 45.2 Å². The Kier molecular flexibility index (Phi) is 3.45. The predicted molar refractivity (Wildman–Crippen MR) is 60.2 cm³/mol. The molecule has 0 aromatic heterocycles. The number of piperidine rings is 2. The van der Waals surface area contributed by atoms with Crippen molar-refractivity contribution in [2.45, 2.75) is 45.1 Å². The van der Waals surface area contributed by atoms with E-state index in [2.05, 4.69) is 11.8 Å². The molecule has 0 aromatic rings. The SMILES string of the molecule is CC[C@@H]1C[C@@H](CN)C2CCCCN2C1. The lowest BCUT2D eigenvalue weighted by Gasteiger charge is -2.47. The van der Waals surface area contributed by atoms with Crippen LogP contribution in [0.25, 0.3) is 0 Å². The third kappa shape index (κ3) is 1.96. The average molecular weight is 196 g/mol. The van der Waals surface area contributed by atoms with E-state index in [0.717, 1.165) is 24.4 Å². The van der Waals surface area contributed by atoms with E-state index in [0.29, 0.717) is 0 Å². The number of rotatable bonds is 2. The third-order valence-corrected chi connectivity index (χ3v) is 4.22. The molecular weight excluding hydrogens is 172 g/mol. The second-order valence-electron chi connectivity index (χ2n) is 5.06. The average Bonchev–Trinajstić information content (AvgIpc) is 2.27. The lowest BCUT2D eigenvalue weighted by atomic mass is 9.78. The smallest absolute Gasteiger partial charge is 0.0136 e. The zero-order valence-electron chi connectivity index (χ0n) is 9.41. The molecule has 2 aliphatic rings. The zero-order chi connectivity index (χ0) is 9.97. The molecule has 2 aliphatic heterocycles. The Hall–Kier alpha value is -0.0800. The summed E-state index contributed by atoms with van der Waals surface area (Å²) in [7, 11) is 0. The van der Waals surface area contributed by atoms with Gasteiger partial charge in [0.1, 0.15) is 0 Å². The molecule has 2 N–H and O–H groups in total. The van der Waals surface area contributed by atoms with Gasteiger partial charge in [0.25, 0.3) is 0 Å². The Morgan fingerprint density at radius 2 is 2.21 bits per heavy atom. The van der Waals surface area contributed by atoms with Crippen LogP contribution in [0.5, 0.6) is 0 Å². The van der Waals surface area contributed by atoms with Gasteiger partial charge in [0.15, 0.2) is 0 Å². The van der Waals surface area contributed by atoms with Crippen molar-refractivity contribution >= 4 is 0 Å². The van der Waals surface area contributed by atoms with Crippen LogP contribution >= 0.6 is 0 Å². The molecule has 0 aliphatic carbocycles. The summed E-state index contributed by atoms with van der Waals surface area (Å²) in [6, 6.07) is 0.830. The molecule has 2 nitrogen and oxygen atoms in total. The zero-order valence-corrected chi connectivity index (χ0v) is 9.41. The van der Waals surface area contributed by atoms with E-state index >= 15 is 0 Å². The van der Waals surface area contributed by atoms with Gasteiger partial charge in [-0.3, -0.25) is 4.90 Å². The normalized spacial score (nSPS) is 39.4. The fourth-order valence-corrected chi connectivity index (χ4v) is 3.32. The first kappa shape index (κ1) is 10.4. The van der Waals surface area contributed by atoms with Crippen LogP contribution < -0.4 is 5.73 Å². The fraction of sp³-hybridized carbons (Fsp3) is 1.00. The van der Waals surface area contributed by atoms with Crippen molar-refractivity contribution in [3.63, 3.8) is 0 Å². The maximum absolute atomic E-state index is 5.90. The molecule has 0 aromatic carbocycles. The van der Waals surface area contributed by atoms with E-state index in [1.807, 2.05) is 0 Å². The van der Waals surface area contributed by atoms with E-state index in [4.69, 9.17) is 5.73 Å². The van der Waals surface area contributed by atoms with Crippen LogP contribution in [0.4, 0.5) is 0 Å². The second-order valence-corrected chi connectivity index (χ2v) is 5.06. The summed E-state index contributed by atoms with van der Waals surface area (Å²) >= 11 is 0. The van der Waals surface area contributed by atoms with E-state index in [1.54, 1.807) is 0 Å². The topological polar surface area (TPSA) is 29.3 Å². The highest BCUT2D eigenvalue weighted by molar-refractivity contribution is 4.90. The third-order valence-electron chi connectivity index (χ3n) is 4.22. The molecule has 14 heavy (non-hydrogen) atoms. The molecule has 2 saturated heterocycles. The minimum Gasteiger partial charge on any atom is -0.330 e. The summed E-state index contributed by atoms with van der Waals surface area (Å²) in [6.45, 7) is 5.90. The van der Waals surface area contributed by atoms with Crippen LogP contribution in [-0.2, 0) is 0 Å². The summed E-state index contributed by atoms with van der Waals surface area (Å²) in [6.07, 6.45) is 6.95. The van der Waals surface area contributed by atoms with Gasteiger partial charge >= 0.3 is 0 Å². The summed E-state index contributed by atoms with van der Waals surface area (Å²) in [5, 5.41) is 0. The monoisotopic (exact) mass is 196 g/mol. The molecule has 2 heteroatoms. The number of hydrogen-bond donors (Lipinski definition) is 1. The Labute approximate surface area is 87.8 Å². The molecular formula is C12H24N2. The lowest BCUT2D eigenvalue weighted by Crippen LogP contribution is -2.52. The van der Waals surface area contributed by atoms with Gasteiger partial charge in [-0.15, -0.1) is 0 Å². The van der Waals surface area contributed by atoms with E-state index < -0.39 is 0 Å². The molecule has 1 unspecified atom stereocenters. The Morgan fingerprint density at radius 1 is 1.36 bits per heavy atom. The fourth-order valence-electron chi connectivity index (χ4n) is 3.32. The number of hydrogen-bond acceptors (Lipinski definition) is 2. The number of nitrogens with zero attached hydrogens (tertiary/aromatic N) is 1. The molecule has 2 fully saturated rings. The molecule has 82 valence electrons. The van der Waals surface area contributed by atoms with Crippen LogP contribution in [0, 0.1) is 11.8 Å². The van der Waals surface area contributed by atoms with Crippen LogP contribution in [0.15, 0.2) is 0 Å². The van der Waals surface area contributed by atoms with Crippen LogP contribution in [0.2, 0.25) is 0 Å². The Balaban J connectivity index is 2.01. The number of fused-ring (bicyclic) bond motifs is 1. The first-order valence-electron chi connectivity index (χ1n) is 6.29. The standard InChI is InChI=1S/C12H24N2/c1-2-10-7-11(8-13)12-5-3-4-6-14(12)9-10/h10-12H,2-9,13H2,1H3/t10-,11+,12?/m1/s1. The first-order valence-corrected chi connectivity index (χ1v) is 6.29. The van der Waals surface area contributed by atoms with Crippen molar-refractivity contribution in [3.8, 4) is 0 Å². The lowest BCUT2D eigenvalue weighted by molar-refractivity contribution is 0.0301. The van der Waals surface area contributed by atoms with Gasteiger partial charge in [0.2, 0.25) is 0 Å². The van der Waals surface area contributed by atoms with Gasteiger partial charge in [-0.2, -0.15) is 0 Å². The van der Waals surface area contributed by atoms with Crippen molar-refractivity contribution in [1.82, 2.24) is 4.90 Å². The molecule has 2 rings (SSSR count). The maximum atomic E-state index is 5.90. The molecule has 0 spiro atoms. The maximum Gasteiger partial charge on any atom is 0.0136 e. The van der Waals surface area contributed by atoms with Crippen LogP contribution in [0.3, 0.4) is 0 Å². The molecule has 0 radical (unpaired) electrons. The molecule has 2 heterocycles. The molecule has 0 amide bonds. The quantitative estimate of drug-likeness (QED) is 0.730. The van der Waals surface area contributed by atoms with Crippen LogP contribution in [-0.4, -0.2) is 30.6 Å². The highest BCUT2D eigenvalue weighted by atomic mass is 15.2. The van der Waals surface area contributed by atoms with E-state index in [9.17, 15) is 0 Å². The van der Waals surface area contributed by atoms with Gasteiger partial charge in [-0.05, 0) is 44.2 Å². The minimum atomic E-state index is 0.786. The Morgan fingerprint density at radius 3 is 2.93 bits per heavy atom. The van der Waals surface area contributed by atoms with Gasteiger partial charge in [-0.25, -0.2) is 0 Å². The van der Waals surface area contributed by atoms with Crippen molar-refractivity contribution < 1.29 is 0 Å². The molecule has 0 saturated carbocycles. The van der Waals surface area contributed by atoms with Crippen molar-refractivity contribution in [1.29, 1.82) is 0 Å². The molecule has 3 atom stereocenters. The minimum absolute atomic E-state index is 0.786. The van der Waals surface area contributed by atoms with Crippen molar-refractivity contribution in [2.75, 3.05) is 19.6 Å². The predicted octanol–water partition coefficient (Wildman–Crippen LogP) is 1.85. The van der Waals surface area contributed by atoms with Gasteiger partial charge in [0.05, 0.1) is 0 Å². The Bertz CT molecular complexity index is 173. The number of nitrogens with two attached hydrogens (primary N) is 1. The largest absolute Gasteiger partial charge is 0.330 e. The summed E-state index contributed by atoms with van der Waals surface area (Å²) in [4.78, 5) is 2.72. The summed E-state index contributed by atoms with van der Waals surface area (Å²) in [5.41, 5.74) is 5.90. The van der Waals surface area contributed by atoms with E-state index in [-0.39, 0.29) is 0 Å². The highest BCUT2D eigenvalue weighted by Crippen LogP contribution is 2.33. The summed E-state index contributed by atoms with van der Waals surface area (Å²) < 4.78 is 0. The second kappa shape index (κ2) is 4.63. The van der Waals surface area contributed by atoms with Gasteiger partial charge in [0, 0.05) is 12.6 Å². The summed E-state index contributed by atoms with van der Waals surface area (Å²) in [5.74, 6) is 1.70. The first-order chi connectivity index (χ1) is 6.85. The van der Waals surface area contributed by atoms with Gasteiger partial charge in [-0.1, -0.05) is 19.8 Å².